The molecule has 2 heterocycles. The number of nitrogens with zero attached hydrogens (tertiary/aromatic N) is 2. The van der Waals surface area contributed by atoms with Gasteiger partial charge in [0.1, 0.15) is 5.75 Å². The quantitative estimate of drug-likeness (QED) is 0.577. The second kappa shape index (κ2) is 15.5. The van der Waals surface area contributed by atoms with Gasteiger partial charge in [-0.25, -0.2) is 0 Å². The lowest BCUT2D eigenvalue weighted by atomic mass is 10.2. The summed E-state index contributed by atoms with van der Waals surface area (Å²) >= 11 is 2.35. The van der Waals surface area contributed by atoms with Crippen LogP contribution in [0.4, 0.5) is 0 Å². The molecule has 1 N–H and O–H groups in total. The van der Waals surface area contributed by atoms with Crippen LogP contribution in [0.15, 0.2) is 12.3 Å². The number of hydrogen-bond donors (Lipinski definition) is 1. The summed E-state index contributed by atoms with van der Waals surface area (Å²) in [6.45, 7) is 12.3. The third kappa shape index (κ3) is 10.3. The highest BCUT2D eigenvalue weighted by atomic mass is 127. The van der Waals surface area contributed by atoms with Crippen LogP contribution in [0.3, 0.4) is 0 Å². The molecule has 0 radical (unpaired) electrons. The van der Waals surface area contributed by atoms with Crippen molar-refractivity contribution < 1.29 is 9.84 Å². The van der Waals surface area contributed by atoms with E-state index in [-0.39, 0.29) is 13.2 Å². The van der Waals surface area contributed by atoms with Gasteiger partial charge < -0.3 is 9.84 Å². The van der Waals surface area contributed by atoms with Crippen LogP contribution in [-0.2, 0) is 11.3 Å². The van der Waals surface area contributed by atoms with E-state index >= 15 is 0 Å². The van der Waals surface area contributed by atoms with E-state index in [1.807, 2.05) is 26.8 Å². The molecule has 0 amide bonds. The van der Waals surface area contributed by atoms with Gasteiger partial charge in [0.05, 0.1) is 19.4 Å². The zero-order valence-corrected chi connectivity index (χ0v) is 15.9. The zero-order valence-electron chi connectivity index (χ0n) is 13.7. The smallest absolute Gasteiger partial charge is 0.138 e. The van der Waals surface area contributed by atoms with Crippen molar-refractivity contribution in [1.29, 1.82) is 0 Å². The standard InChI is InChI=1S/C11H16N2O2.C3H7I.C2H6.CH4/c1-9-6-10(11(14)7-12-9)8-13-2-4-15-5-3-13;1-2-3-4;1-2;/h6-7,14H,2-5,8H2,1H3;2-3H2,1H3;1-2H3;1H4. The number of pyridine rings is 1. The largest absolute Gasteiger partial charge is 0.506 e. The molecule has 1 aliphatic rings. The number of alkyl halides is 1. The summed E-state index contributed by atoms with van der Waals surface area (Å²) in [5.41, 5.74) is 1.89. The fourth-order valence-corrected chi connectivity index (χ4v) is 1.74. The summed E-state index contributed by atoms with van der Waals surface area (Å²) in [5.74, 6) is 0.284. The highest BCUT2D eigenvalue weighted by molar-refractivity contribution is 14.1. The summed E-state index contributed by atoms with van der Waals surface area (Å²) in [6, 6.07) is 1.94. The van der Waals surface area contributed by atoms with Gasteiger partial charge in [0.2, 0.25) is 0 Å². The second-order valence-corrected chi connectivity index (χ2v) is 5.61. The van der Waals surface area contributed by atoms with Gasteiger partial charge in [-0.1, -0.05) is 50.8 Å². The van der Waals surface area contributed by atoms with Crippen LogP contribution in [0.1, 0.15) is 45.9 Å². The van der Waals surface area contributed by atoms with Gasteiger partial charge in [-0.3, -0.25) is 9.88 Å². The number of ether oxygens (including phenoxy) is 1. The minimum Gasteiger partial charge on any atom is -0.506 e. The molecule has 1 aromatic heterocycles. The average Bonchev–Trinajstić information content (AvgIpc) is 2.54. The molecule has 0 unspecified atom stereocenters. The first-order chi connectivity index (χ1) is 10.2. The number of halogens is 1. The third-order valence-corrected chi connectivity index (χ3v) is 3.87. The summed E-state index contributed by atoms with van der Waals surface area (Å²) in [4.78, 5) is 6.32. The van der Waals surface area contributed by atoms with Crippen molar-refractivity contribution in [2.75, 3.05) is 30.7 Å². The van der Waals surface area contributed by atoms with Gasteiger partial charge in [-0.15, -0.1) is 0 Å². The molecule has 0 atom stereocenters. The topological polar surface area (TPSA) is 45.6 Å². The first-order valence-corrected chi connectivity index (χ1v) is 9.20. The predicted molar refractivity (Wildman–Crippen MR) is 104 cm³/mol. The van der Waals surface area contributed by atoms with Gasteiger partial charge in [-0.2, -0.15) is 0 Å². The van der Waals surface area contributed by atoms with Crippen molar-refractivity contribution in [1.82, 2.24) is 9.88 Å². The molecule has 0 spiro atoms. The van der Waals surface area contributed by atoms with Crippen molar-refractivity contribution in [3.05, 3.63) is 23.5 Å². The highest BCUT2D eigenvalue weighted by Gasteiger charge is 2.12. The van der Waals surface area contributed by atoms with Crippen molar-refractivity contribution >= 4 is 22.6 Å². The van der Waals surface area contributed by atoms with Gasteiger partial charge in [-0.05, 0) is 23.8 Å². The van der Waals surface area contributed by atoms with E-state index in [2.05, 4.69) is 39.4 Å². The Balaban J connectivity index is 0. The maximum atomic E-state index is 9.65. The molecule has 0 aromatic carbocycles. The summed E-state index contributed by atoms with van der Waals surface area (Å²) < 4.78 is 6.56. The Morgan fingerprint density at radius 1 is 1.32 bits per heavy atom. The van der Waals surface area contributed by atoms with Gasteiger partial charge in [0.15, 0.2) is 0 Å². The minimum absolute atomic E-state index is 0. The van der Waals surface area contributed by atoms with E-state index in [0.29, 0.717) is 0 Å². The van der Waals surface area contributed by atoms with E-state index in [9.17, 15) is 5.11 Å². The summed E-state index contributed by atoms with van der Waals surface area (Å²) in [5, 5.41) is 9.65. The Bertz CT molecular complexity index is 368. The lowest BCUT2D eigenvalue weighted by molar-refractivity contribution is 0.0338. The minimum atomic E-state index is 0. The Labute approximate surface area is 150 Å². The first-order valence-electron chi connectivity index (χ1n) is 7.68. The van der Waals surface area contributed by atoms with Crippen LogP contribution in [0, 0.1) is 6.92 Å². The molecule has 5 heteroatoms. The molecule has 0 aliphatic carbocycles. The molecule has 0 bridgehead atoms. The molecule has 0 saturated carbocycles. The van der Waals surface area contributed by atoms with Crippen molar-refractivity contribution in [3.63, 3.8) is 0 Å². The zero-order chi connectivity index (χ0) is 16.1. The number of aryl methyl sites for hydroxylation is 1. The molecule has 2 rings (SSSR count). The van der Waals surface area contributed by atoms with Crippen LogP contribution < -0.4 is 0 Å². The fourth-order valence-electron chi connectivity index (χ4n) is 1.74. The van der Waals surface area contributed by atoms with Crippen molar-refractivity contribution in [2.24, 2.45) is 0 Å². The molecule has 4 nitrogen and oxygen atoms in total. The summed E-state index contributed by atoms with van der Waals surface area (Å²) in [7, 11) is 0. The maximum absolute atomic E-state index is 9.65. The lowest BCUT2D eigenvalue weighted by Gasteiger charge is -2.26. The van der Waals surface area contributed by atoms with Gasteiger partial charge in [0, 0.05) is 30.9 Å². The van der Waals surface area contributed by atoms with E-state index in [1.54, 1.807) is 0 Å². The number of aromatic hydroxyl groups is 1. The number of morpholine rings is 1. The Hall–Kier alpha value is -0.400. The number of rotatable bonds is 3. The number of hydrogen-bond acceptors (Lipinski definition) is 4. The molecular formula is C17H33IN2O2. The van der Waals surface area contributed by atoms with Crippen LogP contribution in [0.5, 0.6) is 5.75 Å². The maximum Gasteiger partial charge on any atom is 0.138 e. The molecule has 1 saturated heterocycles. The second-order valence-electron chi connectivity index (χ2n) is 4.53. The Morgan fingerprint density at radius 2 is 1.86 bits per heavy atom. The average molecular weight is 424 g/mol. The molecule has 1 fully saturated rings. The monoisotopic (exact) mass is 424 g/mol. The molecule has 1 aromatic rings. The number of aromatic nitrogens is 1. The molecule has 22 heavy (non-hydrogen) atoms. The van der Waals surface area contributed by atoms with E-state index in [1.165, 1.54) is 17.0 Å². The molecule has 1 aliphatic heterocycles. The normalized spacial score (nSPS) is 13.9. The van der Waals surface area contributed by atoms with Crippen molar-refractivity contribution in [2.45, 2.75) is 48.1 Å². The lowest BCUT2D eigenvalue weighted by Crippen LogP contribution is -2.35. The van der Waals surface area contributed by atoms with Crippen LogP contribution in [0.2, 0.25) is 0 Å². The Kier molecular flexibility index (Phi) is 16.8. The molecule has 130 valence electrons. The first kappa shape index (κ1) is 23.9. The van der Waals surface area contributed by atoms with Crippen molar-refractivity contribution in [3.8, 4) is 5.75 Å². The third-order valence-electron chi connectivity index (χ3n) is 2.79. The van der Waals surface area contributed by atoms with E-state index in [0.717, 1.165) is 44.1 Å². The SMILES string of the molecule is C.CC.CCCI.Cc1cc(CN2CCOCC2)c(O)cn1. The highest BCUT2D eigenvalue weighted by Crippen LogP contribution is 2.18. The molecular weight excluding hydrogens is 391 g/mol. The summed E-state index contributed by atoms with van der Waals surface area (Å²) in [6.07, 6.45) is 2.83. The van der Waals surface area contributed by atoms with Crippen LogP contribution >= 0.6 is 22.6 Å². The van der Waals surface area contributed by atoms with Gasteiger partial charge >= 0.3 is 0 Å². The predicted octanol–water partition coefficient (Wildman–Crippen LogP) is 4.42. The van der Waals surface area contributed by atoms with Crippen LogP contribution in [0.25, 0.3) is 0 Å². The van der Waals surface area contributed by atoms with Crippen LogP contribution in [-0.4, -0.2) is 45.7 Å². The Morgan fingerprint density at radius 3 is 2.36 bits per heavy atom. The van der Waals surface area contributed by atoms with Gasteiger partial charge in [0.25, 0.3) is 0 Å². The van der Waals surface area contributed by atoms with E-state index in [4.69, 9.17) is 4.74 Å². The van der Waals surface area contributed by atoms with E-state index < -0.39 is 0 Å². The fraction of sp³-hybridized carbons (Fsp3) is 0.706.